The Morgan fingerprint density at radius 3 is 2.38 bits per heavy atom. The predicted molar refractivity (Wildman–Crippen MR) is 88.0 cm³/mol. The Hall–Kier alpha value is -1.85. The highest BCUT2D eigenvalue weighted by molar-refractivity contribution is 8.01. The molecular formula is C16H14N2OS2. The van der Waals surface area contributed by atoms with Gasteiger partial charge in [0, 0.05) is 11.3 Å². The van der Waals surface area contributed by atoms with Gasteiger partial charge in [0.05, 0.1) is 6.61 Å². The lowest BCUT2D eigenvalue weighted by atomic mass is 10.2. The lowest BCUT2D eigenvalue weighted by Gasteiger charge is -2.03. The van der Waals surface area contributed by atoms with Gasteiger partial charge in [-0.1, -0.05) is 71.6 Å². The van der Waals surface area contributed by atoms with E-state index in [0.717, 1.165) is 26.4 Å². The Kier molecular flexibility index (Phi) is 4.86. The number of aromatic nitrogens is 2. The summed E-state index contributed by atoms with van der Waals surface area (Å²) >= 11 is 3.29. The maximum Gasteiger partial charge on any atom is 0.174 e. The number of hydrogen-bond acceptors (Lipinski definition) is 5. The minimum atomic E-state index is 0.662. The molecule has 5 heteroatoms. The van der Waals surface area contributed by atoms with Crippen LogP contribution in [-0.4, -0.2) is 22.6 Å². The monoisotopic (exact) mass is 314 g/mol. The molecule has 1 heterocycles. The molecule has 1 aromatic heterocycles. The van der Waals surface area contributed by atoms with Crippen molar-refractivity contribution in [3.05, 3.63) is 60.7 Å². The number of rotatable bonds is 6. The van der Waals surface area contributed by atoms with Crippen molar-refractivity contribution < 1.29 is 4.74 Å². The fraction of sp³-hybridized carbons (Fsp3) is 0.125. The molecule has 0 aliphatic heterocycles. The van der Waals surface area contributed by atoms with Gasteiger partial charge in [-0.25, -0.2) is 0 Å². The summed E-state index contributed by atoms with van der Waals surface area (Å²) in [7, 11) is 0. The lowest BCUT2D eigenvalue weighted by molar-refractivity contribution is 0.344. The summed E-state index contributed by atoms with van der Waals surface area (Å²) in [4.78, 5) is 0. The second kappa shape index (κ2) is 7.24. The summed E-state index contributed by atoms with van der Waals surface area (Å²) < 4.78 is 6.63. The van der Waals surface area contributed by atoms with Crippen molar-refractivity contribution in [3.8, 4) is 16.3 Å². The van der Waals surface area contributed by atoms with Crippen LogP contribution in [0.3, 0.4) is 0 Å². The standard InChI is InChI=1S/C16H14N2OS2/c1-3-7-13(8-4-1)15-17-18-16(21-15)20-12-11-19-14-9-5-2-6-10-14/h1-10H,11-12H2. The number of ether oxygens (including phenoxy) is 1. The Bertz CT molecular complexity index is 671. The maximum atomic E-state index is 5.65. The molecule has 0 atom stereocenters. The summed E-state index contributed by atoms with van der Waals surface area (Å²) in [6.07, 6.45) is 0. The molecule has 0 radical (unpaired) electrons. The largest absolute Gasteiger partial charge is 0.493 e. The predicted octanol–water partition coefficient (Wildman–Crippen LogP) is 4.38. The van der Waals surface area contributed by atoms with Gasteiger partial charge < -0.3 is 4.74 Å². The molecule has 0 aliphatic rings. The van der Waals surface area contributed by atoms with Crippen LogP contribution in [0.5, 0.6) is 5.75 Å². The highest BCUT2D eigenvalue weighted by atomic mass is 32.2. The Morgan fingerprint density at radius 1 is 0.905 bits per heavy atom. The van der Waals surface area contributed by atoms with Crippen LogP contribution in [0.25, 0.3) is 10.6 Å². The molecule has 3 aromatic rings. The summed E-state index contributed by atoms with van der Waals surface area (Å²) in [6.45, 7) is 0.662. The van der Waals surface area contributed by atoms with Crippen molar-refractivity contribution in [3.63, 3.8) is 0 Å². The van der Waals surface area contributed by atoms with Crippen molar-refractivity contribution in [1.82, 2.24) is 10.2 Å². The molecule has 21 heavy (non-hydrogen) atoms. The van der Waals surface area contributed by atoms with Crippen LogP contribution in [0.15, 0.2) is 65.0 Å². The quantitative estimate of drug-likeness (QED) is 0.500. The molecule has 2 aromatic carbocycles. The molecule has 0 N–H and O–H groups in total. The Labute approximate surface area is 132 Å². The zero-order valence-electron chi connectivity index (χ0n) is 11.3. The third-order valence-electron chi connectivity index (χ3n) is 2.75. The van der Waals surface area contributed by atoms with Gasteiger partial charge in [-0.05, 0) is 12.1 Å². The normalized spacial score (nSPS) is 10.5. The fourth-order valence-electron chi connectivity index (χ4n) is 1.77. The molecule has 3 rings (SSSR count). The minimum absolute atomic E-state index is 0.662. The van der Waals surface area contributed by atoms with E-state index < -0.39 is 0 Å². The average molecular weight is 314 g/mol. The highest BCUT2D eigenvalue weighted by Crippen LogP contribution is 2.28. The first-order chi connectivity index (χ1) is 10.4. The average Bonchev–Trinajstić information content (AvgIpc) is 3.02. The number of para-hydroxylation sites is 1. The summed E-state index contributed by atoms with van der Waals surface area (Å²) in [5, 5.41) is 9.40. The summed E-state index contributed by atoms with van der Waals surface area (Å²) in [5.74, 6) is 1.76. The van der Waals surface area contributed by atoms with Gasteiger partial charge in [-0.15, -0.1) is 10.2 Å². The number of benzene rings is 2. The van der Waals surface area contributed by atoms with Crippen LogP contribution in [0.1, 0.15) is 0 Å². The maximum absolute atomic E-state index is 5.65. The SMILES string of the molecule is c1ccc(OCCSc2nnc(-c3ccccc3)s2)cc1. The van der Waals surface area contributed by atoms with Crippen LogP contribution >= 0.6 is 23.1 Å². The van der Waals surface area contributed by atoms with Crippen LogP contribution in [-0.2, 0) is 0 Å². The van der Waals surface area contributed by atoms with Gasteiger partial charge in [0.1, 0.15) is 10.8 Å². The van der Waals surface area contributed by atoms with Crippen LogP contribution in [0.2, 0.25) is 0 Å². The molecule has 0 amide bonds. The first-order valence-corrected chi connectivity index (χ1v) is 8.41. The molecule has 0 saturated heterocycles. The second-order valence-corrected chi connectivity index (χ2v) is 6.57. The van der Waals surface area contributed by atoms with Gasteiger partial charge in [0.25, 0.3) is 0 Å². The third kappa shape index (κ3) is 4.06. The van der Waals surface area contributed by atoms with E-state index in [1.165, 1.54) is 0 Å². The molecule has 0 spiro atoms. The van der Waals surface area contributed by atoms with Crippen molar-refractivity contribution in [1.29, 1.82) is 0 Å². The van der Waals surface area contributed by atoms with Gasteiger partial charge in [0.2, 0.25) is 0 Å². The van der Waals surface area contributed by atoms with Crippen molar-refractivity contribution >= 4 is 23.1 Å². The number of hydrogen-bond donors (Lipinski definition) is 0. The van der Waals surface area contributed by atoms with Crippen LogP contribution < -0.4 is 4.74 Å². The van der Waals surface area contributed by atoms with E-state index in [2.05, 4.69) is 10.2 Å². The van der Waals surface area contributed by atoms with Crippen molar-refractivity contribution in [2.24, 2.45) is 0 Å². The fourth-order valence-corrected chi connectivity index (χ4v) is 3.52. The minimum Gasteiger partial charge on any atom is -0.493 e. The zero-order chi connectivity index (χ0) is 14.3. The Morgan fingerprint density at radius 2 is 1.62 bits per heavy atom. The molecule has 0 aliphatic carbocycles. The number of nitrogens with zero attached hydrogens (tertiary/aromatic N) is 2. The molecule has 0 unspecified atom stereocenters. The highest BCUT2D eigenvalue weighted by Gasteiger charge is 2.06. The van der Waals surface area contributed by atoms with Crippen LogP contribution in [0, 0.1) is 0 Å². The van der Waals surface area contributed by atoms with Gasteiger partial charge in [0.15, 0.2) is 4.34 Å². The first-order valence-electron chi connectivity index (χ1n) is 6.61. The van der Waals surface area contributed by atoms with E-state index in [1.54, 1.807) is 23.1 Å². The Balaban J connectivity index is 1.49. The first kappa shape index (κ1) is 14.1. The second-order valence-electron chi connectivity index (χ2n) is 4.25. The molecular weight excluding hydrogens is 300 g/mol. The van der Waals surface area contributed by atoms with Gasteiger partial charge in [-0.2, -0.15) is 0 Å². The summed E-state index contributed by atoms with van der Waals surface area (Å²) in [6, 6.07) is 20.0. The van der Waals surface area contributed by atoms with E-state index in [4.69, 9.17) is 4.74 Å². The van der Waals surface area contributed by atoms with Crippen LogP contribution in [0.4, 0.5) is 0 Å². The van der Waals surface area contributed by atoms with Crippen molar-refractivity contribution in [2.45, 2.75) is 4.34 Å². The van der Waals surface area contributed by atoms with E-state index >= 15 is 0 Å². The van der Waals surface area contributed by atoms with E-state index in [9.17, 15) is 0 Å². The smallest absolute Gasteiger partial charge is 0.174 e. The lowest BCUT2D eigenvalue weighted by Crippen LogP contribution is -1.99. The van der Waals surface area contributed by atoms with E-state index in [0.29, 0.717) is 6.61 Å². The number of thioether (sulfide) groups is 1. The molecule has 0 saturated carbocycles. The molecule has 0 fully saturated rings. The molecule has 106 valence electrons. The molecule has 0 bridgehead atoms. The van der Waals surface area contributed by atoms with Gasteiger partial charge >= 0.3 is 0 Å². The molecule has 3 nitrogen and oxygen atoms in total. The zero-order valence-corrected chi connectivity index (χ0v) is 12.9. The van der Waals surface area contributed by atoms with Gasteiger partial charge in [-0.3, -0.25) is 0 Å². The third-order valence-corrected chi connectivity index (χ3v) is 4.82. The topological polar surface area (TPSA) is 35.0 Å². The van der Waals surface area contributed by atoms with E-state index in [1.807, 2.05) is 60.7 Å². The van der Waals surface area contributed by atoms with E-state index in [-0.39, 0.29) is 0 Å². The summed E-state index contributed by atoms with van der Waals surface area (Å²) in [5.41, 5.74) is 1.11. The van der Waals surface area contributed by atoms with Crippen molar-refractivity contribution in [2.75, 3.05) is 12.4 Å².